The molecule has 0 saturated carbocycles. The fraction of sp³-hybridized carbons (Fsp3) is 0.136. The number of phenols is 1. The van der Waals surface area contributed by atoms with E-state index in [9.17, 15) is 5.11 Å². The topological polar surface area (TPSA) is 41.8 Å². The van der Waals surface area contributed by atoms with Crippen molar-refractivity contribution < 1.29 is 9.84 Å². The molecular weight excluding hydrogens is 342 g/mol. The third kappa shape index (κ3) is 3.20. The first-order valence-corrected chi connectivity index (χ1v) is 9.39. The van der Waals surface area contributed by atoms with Gasteiger partial charge in [-0.1, -0.05) is 48.5 Å². The lowest BCUT2D eigenvalue weighted by atomic mass is 9.99. The van der Waals surface area contributed by atoms with E-state index in [1.54, 1.807) is 19.2 Å². The van der Waals surface area contributed by atoms with Crippen LogP contribution in [0.5, 0.6) is 11.5 Å². The molecule has 1 unspecified atom stereocenters. The molecule has 0 radical (unpaired) electrons. The maximum atomic E-state index is 10.5. The third-order valence-corrected chi connectivity index (χ3v) is 5.78. The number of thioether (sulfide) groups is 1. The van der Waals surface area contributed by atoms with Crippen molar-refractivity contribution in [1.82, 2.24) is 0 Å². The number of nitrogens with zero attached hydrogens (tertiary/aromatic N) is 1. The number of aromatic hydroxyl groups is 1. The number of para-hydroxylation sites is 1. The minimum absolute atomic E-state index is 0.194. The molecule has 26 heavy (non-hydrogen) atoms. The molecule has 0 spiro atoms. The summed E-state index contributed by atoms with van der Waals surface area (Å²) in [4.78, 5) is 6.05. The van der Waals surface area contributed by atoms with E-state index < -0.39 is 0 Å². The standard InChI is InChI=1S/C22H19NO2S/c1-25-19-12-7-11-18(24)22(19)17-14-21(15-8-3-2-4-9-15)26-20-13-6-5-10-16(20)23-17/h2-13,21,24H,14H2,1H3. The molecular formula is C22H19NO2S. The van der Waals surface area contributed by atoms with Crippen LogP contribution < -0.4 is 4.74 Å². The van der Waals surface area contributed by atoms with Crippen LogP contribution in [0.4, 0.5) is 5.69 Å². The summed E-state index contributed by atoms with van der Waals surface area (Å²) in [5.41, 5.74) is 3.69. The maximum absolute atomic E-state index is 10.5. The number of ether oxygens (including phenoxy) is 1. The molecule has 3 aromatic carbocycles. The van der Waals surface area contributed by atoms with Gasteiger partial charge in [-0.05, 0) is 29.8 Å². The van der Waals surface area contributed by atoms with Crippen LogP contribution in [0.3, 0.4) is 0 Å². The van der Waals surface area contributed by atoms with Crippen LogP contribution in [-0.4, -0.2) is 17.9 Å². The van der Waals surface area contributed by atoms with Gasteiger partial charge in [-0.15, -0.1) is 11.8 Å². The zero-order valence-electron chi connectivity index (χ0n) is 14.4. The molecule has 0 amide bonds. The highest BCUT2D eigenvalue weighted by Crippen LogP contribution is 2.46. The van der Waals surface area contributed by atoms with Crippen LogP contribution in [0, 0.1) is 0 Å². The summed E-state index contributed by atoms with van der Waals surface area (Å²) < 4.78 is 5.50. The summed E-state index contributed by atoms with van der Waals surface area (Å²) in [6.07, 6.45) is 0.706. The molecule has 4 rings (SSSR count). The number of phenolic OH excluding ortho intramolecular Hbond substituents is 1. The van der Waals surface area contributed by atoms with E-state index in [1.807, 2.05) is 42.1 Å². The van der Waals surface area contributed by atoms with Crippen LogP contribution in [0.1, 0.15) is 22.8 Å². The molecule has 1 N–H and O–H groups in total. The van der Waals surface area contributed by atoms with Crippen LogP contribution in [0.15, 0.2) is 82.7 Å². The van der Waals surface area contributed by atoms with Crippen LogP contribution >= 0.6 is 11.8 Å². The average Bonchev–Trinajstić information content (AvgIpc) is 2.88. The maximum Gasteiger partial charge on any atom is 0.131 e. The van der Waals surface area contributed by atoms with Crippen molar-refractivity contribution in [2.45, 2.75) is 16.6 Å². The molecule has 130 valence electrons. The van der Waals surface area contributed by atoms with Gasteiger partial charge in [-0.25, -0.2) is 0 Å². The highest BCUT2D eigenvalue weighted by molar-refractivity contribution is 7.99. The minimum atomic E-state index is 0.194. The van der Waals surface area contributed by atoms with Gasteiger partial charge in [0.15, 0.2) is 0 Å². The smallest absolute Gasteiger partial charge is 0.131 e. The molecule has 3 aromatic rings. The zero-order chi connectivity index (χ0) is 17.9. The van der Waals surface area contributed by atoms with Gasteiger partial charge >= 0.3 is 0 Å². The van der Waals surface area contributed by atoms with Gasteiger partial charge in [-0.3, -0.25) is 4.99 Å². The molecule has 1 heterocycles. The Balaban J connectivity index is 1.87. The Hall–Kier alpha value is -2.72. The molecule has 0 saturated heterocycles. The Kier molecular flexibility index (Phi) is 4.67. The molecule has 1 aliphatic heterocycles. The fourth-order valence-corrected chi connectivity index (χ4v) is 4.43. The first kappa shape index (κ1) is 16.7. The number of hydrogen-bond acceptors (Lipinski definition) is 4. The van der Waals surface area contributed by atoms with Gasteiger partial charge in [0.1, 0.15) is 11.5 Å². The molecule has 4 heteroatoms. The predicted octanol–water partition coefficient (Wildman–Crippen LogP) is 5.76. The van der Waals surface area contributed by atoms with E-state index >= 15 is 0 Å². The normalized spacial score (nSPS) is 16.3. The molecule has 0 aliphatic carbocycles. The van der Waals surface area contributed by atoms with Gasteiger partial charge in [0.2, 0.25) is 0 Å². The van der Waals surface area contributed by atoms with E-state index in [1.165, 1.54) is 5.56 Å². The molecule has 3 nitrogen and oxygen atoms in total. The Morgan fingerprint density at radius 2 is 1.73 bits per heavy atom. The quantitative estimate of drug-likeness (QED) is 0.645. The van der Waals surface area contributed by atoms with Crippen molar-refractivity contribution in [2.75, 3.05) is 7.11 Å². The van der Waals surface area contributed by atoms with Crippen molar-refractivity contribution in [1.29, 1.82) is 0 Å². The van der Waals surface area contributed by atoms with Crippen molar-refractivity contribution in [3.05, 3.63) is 83.9 Å². The first-order valence-electron chi connectivity index (χ1n) is 8.51. The van der Waals surface area contributed by atoms with Crippen LogP contribution in [0.25, 0.3) is 0 Å². The summed E-state index contributed by atoms with van der Waals surface area (Å²) in [5.74, 6) is 0.833. The Labute approximate surface area is 157 Å². The van der Waals surface area contributed by atoms with Crippen LogP contribution in [0.2, 0.25) is 0 Å². The van der Waals surface area contributed by atoms with E-state index in [-0.39, 0.29) is 11.0 Å². The number of aliphatic imine (C=N–C) groups is 1. The van der Waals surface area contributed by atoms with Gasteiger partial charge in [0.05, 0.1) is 24.1 Å². The summed E-state index contributed by atoms with van der Waals surface area (Å²) >= 11 is 1.81. The van der Waals surface area contributed by atoms with Gasteiger partial charge < -0.3 is 9.84 Å². The fourth-order valence-electron chi connectivity index (χ4n) is 3.20. The number of rotatable bonds is 3. The lowest BCUT2D eigenvalue weighted by Gasteiger charge is -2.17. The summed E-state index contributed by atoms with van der Waals surface area (Å²) in [6, 6.07) is 23.9. The first-order chi connectivity index (χ1) is 12.8. The second-order valence-electron chi connectivity index (χ2n) is 6.10. The molecule has 0 bridgehead atoms. The van der Waals surface area contributed by atoms with Crippen LogP contribution in [-0.2, 0) is 0 Å². The monoisotopic (exact) mass is 361 g/mol. The SMILES string of the molecule is COc1cccc(O)c1C1=Nc2ccccc2SC(c2ccccc2)C1. The predicted molar refractivity (Wildman–Crippen MR) is 107 cm³/mol. The Morgan fingerprint density at radius 3 is 2.54 bits per heavy atom. The van der Waals surface area contributed by atoms with E-state index in [0.29, 0.717) is 17.7 Å². The summed E-state index contributed by atoms with van der Waals surface area (Å²) in [6.45, 7) is 0. The lowest BCUT2D eigenvalue weighted by Crippen LogP contribution is -2.07. The highest BCUT2D eigenvalue weighted by Gasteiger charge is 2.25. The number of hydrogen-bond donors (Lipinski definition) is 1. The van der Waals surface area contributed by atoms with Crippen molar-refractivity contribution in [2.24, 2.45) is 4.99 Å². The summed E-state index contributed by atoms with van der Waals surface area (Å²) in [5, 5.41) is 10.7. The van der Waals surface area contributed by atoms with Gasteiger partial charge in [0.25, 0.3) is 0 Å². The average molecular weight is 361 g/mol. The number of methoxy groups -OCH3 is 1. The third-order valence-electron chi connectivity index (χ3n) is 4.45. The largest absolute Gasteiger partial charge is 0.507 e. The number of fused-ring (bicyclic) bond motifs is 1. The molecule has 0 fully saturated rings. The second-order valence-corrected chi connectivity index (χ2v) is 7.35. The van der Waals surface area contributed by atoms with Gasteiger partial charge in [0, 0.05) is 16.6 Å². The number of benzene rings is 3. The molecule has 1 atom stereocenters. The van der Waals surface area contributed by atoms with Crippen molar-refractivity contribution >= 4 is 23.2 Å². The molecule has 0 aromatic heterocycles. The lowest BCUT2D eigenvalue weighted by molar-refractivity contribution is 0.406. The Bertz CT molecular complexity index is 953. The van der Waals surface area contributed by atoms with E-state index in [2.05, 4.69) is 30.3 Å². The molecule has 1 aliphatic rings. The van der Waals surface area contributed by atoms with E-state index in [0.717, 1.165) is 16.3 Å². The second kappa shape index (κ2) is 7.26. The Morgan fingerprint density at radius 1 is 0.962 bits per heavy atom. The van der Waals surface area contributed by atoms with Crippen molar-refractivity contribution in [3.8, 4) is 11.5 Å². The van der Waals surface area contributed by atoms with Crippen molar-refractivity contribution in [3.63, 3.8) is 0 Å². The summed E-state index contributed by atoms with van der Waals surface area (Å²) in [7, 11) is 1.62. The van der Waals surface area contributed by atoms with E-state index in [4.69, 9.17) is 9.73 Å². The van der Waals surface area contributed by atoms with Gasteiger partial charge in [-0.2, -0.15) is 0 Å². The zero-order valence-corrected chi connectivity index (χ0v) is 15.2. The highest BCUT2D eigenvalue weighted by atomic mass is 32.2. The minimum Gasteiger partial charge on any atom is -0.507 e.